The molecule has 4 heteroatoms. The van der Waals surface area contributed by atoms with Gasteiger partial charge in [-0.05, 0) is 36.8 Å². The van der Waals surface area contributed by atoms with Gasteiger partial charge in [-0.1, -0.05) is 24.3 Å². The summed E-state index contributed by atoms with van der Waals surface area (Å²) in [6.07, 6.45) is 2.12. The summed E-state index contributed by atoms with van der Waals surface area (Å²) >= 11 is 0. The van der Waals surface area contributed by atoms with Crippen LogP contribution in [-0.2, 0) is 4.74 Å². The lowest BCUT2D eigenvalue weighted by Crippen LogP contribution is -2.33. The van der Waals surface area contributed by atoms with Crippen molar-refractivity contribution in [2.45, 2.75) is 31.7 Å². The highest BCUT2D eigenvalue weighted by Gasteiger charge is 2.24. The molecule has 0 aliphatic heterocycles. The molecule has 0 bridgehead atoms. The minimum Gasteiger partial charge on any atom is -0.450 e. The lowest BCUT2D eigenvalue weighted by atomic mass is 10.0. The molecule has 1 aromatic rings. The molecule has 98 valence electrons. The second-order valence-electron chi connectivity index (χ2n) is 4.60. The Bertz CT molecular complexity index is 416. The van der Waals surface area contributed by atoms with Gasteiger partial charge in [-0.3, -0.25) is 0 Å². The Morgan fingerprint density at radius 2 is 2.33 bits per heavy atom. The van der Waals surface area contributed by atoms with Crippen LogP contribution in [0.1, 0.15) is 42.9 Å². The fourth-order valence-corrected chi connectivity index (χ4v) is 2.04. The fraction of sp³-hybridized carbons (Fsp3) is 0.500. The number of amides is 1. The summed E-state index contributed by atoms with van der Waals surface area (Å²) < 4.78 is 4.88. The highest BCUT2D eigenvalue weighted by Crippen LogP contribution is 2.40. The predicted molar refractivity (Wildman–Crippen MR) is 70.4 cm³/mol. The molecule has 3 N–H and O–H groups in total. The first-order valence-corrected chi connectivity index (χ1v) is 6.47. The molecule has 0 radical (unpaired) electrons. The van der Waals surface area contributed by atoms with Crippen LogP contribution in [0.2, 0.25) is 0 Å². The maximum absolute atomic E-state index is 11.4. The molecule has 0 heterocycles. The third kappa shape index (κ3) is 3.23. The number of nitrogens with one attached hydrogen (secondary N) is 1. The smallest absolute Gasteiger partial charge is 0.407 e. The molecule has 0 saturated heterocycles. The Morgan fingerprint density at radius 3 is 2.94 bits per heavy atom. The molecule has 18 heavy (non-hydrogen) atoms. The average Bonchev–Trinajstić information content (AvgIpc) is 3.21. The van der Waals surface area contributed by atoms with E-state index in [1.54, 1.807) is 6.92 Å². The molecule has 0 aromatic heterocycles. The third-order valence-electron chi connectivity index (χ3n) is 3.17. The summed E-state index contributed by atoms with van der Waals surface area (Å²) in [5, 5.41) is 2.78. The van der Waals surface area contributed by atoms with E-state index in [-0.39, 0.29) is 6.04 Å². The maximum atomic E-state index is 11.4. The fourth-order valence-electron chi connectivity index (χ4n) is 2.04. The van der Waals surface area contributed by atoms with Crippen LogP contribution >= 0.6 is 0 Å². The van der Waals surface area contributed by atoms with Crippen LogP contribution in [0.3, 0.4) is 0 Å². The Labute approximate surface area is 108 Å². The van der Waals surface area contributed by atoms with Crippen LogP contribution in [0, 0.1) is 0 Å². The largest absolute Gasteiger partial charge is 0.450 e. The van der Waals surface area contributed by atoms with Crippen LogP contribution in [0.15, 0.2) is 24.3 Å². The lowest BCUT2D eigenvalue weighted by molar-refractivity contribution is 0.148. The Morgan fingerprint density at radius 1 is 1.56 bits per heavy atom. The van der Waals surface area contributed by atoms with Crippen molar-refractivity contribution >= 4 is 6.09 Å². The van der Waals surface area contributed by atoms with Gasteiger partial charge in [-0.2, -0.15) is 0 Å². The standard InChI is InChI=1S/C14H20N2O2/c1-2-18-14(17)16-13(9-15)12-5-3-4-11(8-12)10-6-7-10/h3-5,8,10,13H,2,6-7,9,15H2,1H3,(H,16,17). The number of carbonyl (C=O) groups excluding carboxylic acids is 1. The predicted octanol–water partition coefficient (Wildman–Crippen LogP) is 2.31. The third-order valence-corrected chi connectivity index (χ3v) is 3.17. The van der Waals surface area contributed by atoms with Gasteiger partial charge in [0.15, 0.2) is 0 Å². The van der Waals surface area contributed by atoms with Gasteiger partial charge in [0.25, 0.3) is 0 Å². The number of hydrogen-bond acceptors (Lipinski definition) is 3. The van der Waals surface area contributed by atoms with E-state index in [1.165, 1.54) is 18.4 Å². The van der Waals surface area contributed by atoms with E-state index in [4.69, 9.17) is 10.5 Å². The van der Waals surface area contributed by atoms with Gasteiger partial charge in [0.1, 0.15) is 0 Å². The van der Waals surface area contributed by atoms with E-state index in [0.717, 1.165) is 5.56 Å². The van der Waals surface area contributed by atoms with Crippen LogP contribution in [0.4, 0.5) is 4.79 Å². The average molecular weight is 248 g/mol. The molecular formula is C14H20N2O2. The lowest BCUT2D eigenvalue weighted by Gasteiger charge is -2.17. The van der Waals surface area contributed by atoms with Gasteiger partial charge < -0.3 is 15.8 Å². The van der Waals surface area contributed by atoms with E-state index < -0.39 is 6.09 Å². The molecule has 1 saturated carbocycles. The Hall–Kier alpha value is -1.55. The summed E-state index contributed by atoms with van der Waals surface area (Å²) in [6.45, 7) is 2.52. The van der Waals surface area contributed by atoms with E-state index in [9.17, 15) is 4.79 Å². The van der Waals surface area contributed by atoms with Crippen molar-refractivity contribution in [2.24, 2.45) is 5.73 Å². The number of nitrogens with two attached hydrogens (primary N) is 1. The number of ether oxygens (including phenoxy) is 1. The highest BCUT2D eigenvalue weighted by molar-refractivity contribution is 5.67. The van der Waals surface area contributed by atoms with Gasteiger partial charge in [0.2, 0.25) is 0 Å². The minimum absolute atomic E-state index is 0.178. The first-order chi connectivity index (χ1) is 8.74. The number of hydrogen-bond donors (Lipinski definition) is 2. The van der Waals surface area contributed by atoms with Crippen LogP contribution < -0.4 is 11.1 Å². The van der Waals surface area contributed by atoms with Crippen molar-refractivity contribution in [3.05, 3.63) is 35.4 Å². The topological polar surface area (TPSA) is 64.3 Å². The van der Waals surface area contributed by atoms with Gasteiger partial charge in [-0.15, -0.1) is 0 Å². The highest BCUT2D eigenvalue weighted by atomic mass is 16.5. The Kier molecular flexibility index (Phi) is 4.20. The van der Waals surface area contributed by atoms with Gasteiger partial charge in [0, 0.05) is 6.54 Å². The second kappa shape index (κ2) is 5.87. The van der Waals surface area contributed by atoms with E-state index in [2.05, 4.69) is 17.4 Å². The van der Waals surface area contributed by atoms with Gasteiger partial charge >= 0.3 is 6.09 Å². The second-order valence-corrected chi connectivity index (χ2v) is 4.60. The Balaban J connectivity index is 2.06. The van der Waals surface area contributed by atoms with Crippen molar-refractivity contribution in [1.29, 1.82) is 0 Å². The first-order valence-electron chi connectivity index (χ1n) is 6.47. The van der Waals surface area contributed by atoms with Crippen molar-refractivity contribution < 1.29 is 9.53 Å². The number of rotatable bonds is 5. The molecular weight excluding hydrogens is 228 g/mol. The summed E-state index contributed by atoms with van der Waals surface area (Å²) in [5.41, 5.74) is 8.12. The monoisotopic (exact) mass is 248 g/mol. The molecule has 1 amide bonds. The molecule has 1 fully saturated rings. The summed E-state index contributed by atoms with van der Waals surface area (Å²) in [4.78, 5) is 11.4. The van der Waals surface area contributed by atoms with E-state index in [1.807, 2.05) is 12.1 Å². The zero-order valence-electron chi connectivity index (χ0n) is 10.7. The van der Waals surface area contributed by atoms with Crippen molar-refractivity contribution in [1.82, 2.24) is 5.32 Å². The molecule has 1 aromatic carbocycles. The quantitative estimate of drug-likeness (QED) is 0.840. The SMILES string of the molecule is CCOC(=O)NC(CN)c1cccc(C2CC2)c1. The zero-order valence-corrected chi connectivity index (χ0v) is 10.7. The summed E-state index contributed by atoms with van der Waals surface area (Å²) in [5.74, 6) is 0.700. The molecule has 1 aliphatic carbocycles. The summed E-state index contributed by atoms with van der Waals surface area (Å²) in [6, 6.07) is 8.12. The number of carbonyl (C=O) groups is 1. The van der Waals surface area contributed by atoms with Gasteiger partial charge in [-0.25, -0.2) is 4.79 Å². The number of benzene rings is 1. The van der Waals surface area contributed by atoms with Crippen LogP contribution in [0.25, 0.3) is 0 Å². The summed E-state index contributed by atoms with van der Waals surface area (Å²) in [7, 11) is 0. The molecule has 1 aliphatic rings. The molecule has 1 atom stereocenters. The zero-order chi connectivity index (χ0) is 13.0. The van der Waals surface area contributed by atoms with E-state index in [0.29, 0.717) is 19.1 Å². The molecule has 2 rings (SSSR count). The van der Waals surface area contributed by atoms with Crippen LogP contribution in [-0.4, -0.2) is 19.2 Å². The van der Waals surface area contributed by atoms with Gasteiger partial charge in [0.05, 0.1) is 12.6 Å². The van der Waals surface area contributed by atoms with Crippen LogP contribution in [0.5, 0.6) is 0 Å². The molecule has 4 nitrogen and oxygen atoms in total. The molecule has 1 unspecified atom stereocenters. The minimum atomic E-state index is -0.412. The maximum Gasteiger partial charge on any atom is 0.407 e. The first kappa shape index (κ1) is 12.9. The molecule has 0 spiro atoms. The van der Waals surface area contributed by atoms with E-state index >= 15 is 0 Å². The number of alkyl carbamates (subject to hydrolysis) is 1. The van der Waals surface area contributed by atoms with Crippen molar-refractivity contribution in [3.8, 4) is 0 Å². The normalized spacial score (nSPS) is 16.1. The van der Waals surface area contributed by atoms with Crippen molar-refractivity contribution in [3.63, 3.8) is 0 Å². The van der Waals surface area contributed by atoms with Crippen molar-refractivity contribution in [2.75, 3.05) is 13.2 Å².